The van der Waals surface area contributed by atoms with Crippen molar-refractivity contribution in [3.63, 3.8) is 0 Å². The first-order valence-electron chi connectivity index (χ1n) is 7.13. The zero-order valence-corrected chi connectivity index (χ0v) is 13.8. The lowest BCUT2D eigenvalue weighted by molar-refractivity contribution is 0.0935. The second kappa shape index (κ2) is 7.47. The summed E-state index contributed by atoms with van der Waals surface area (Å²) in [6, 6.07) is 9.55. The molecule has 0 radical (unpaired) electrons. The molecule has 0 fully saturated rings. The second-order valence-corrected chi connectivity index (χ2v) is 6.20. The van der Waals surface area contributed by atoms with Gasteiger partial charge in [0.1, 0.15) is 0 Å². The van der Waals surface area contributed by atoms with E-state index in [1.54, 1.807) is 10.9 Å². The van der Waals surface area contributed by atoms with Gasteiger partial charge in [-0.05, 0) is 32.2 Å². The molecule has 1 heterocycles. The number of aryl methyl sites for hydroxylation is 1. The minimum absolute atomic E-state index is 0.0200. The molecule has 0 saturated carbocycles. The van der Waals surface area contributed by atoms with E-state index in [0.717, 1.165) is 5.69 Å². The van der Waals surface area contributed by atoms with Crippen molar-refractivity contribution in [3.8, 4) is 5.69 Å². The highest BCUT2D eigenvalue weighted by Crippen LogP contribution is 2.14. The minimum atomic E-state index is -0.167. The maximum Gasteiger partial charge on any atom is 0.255 e. The Kier molecular flexibility index (Phi) is 5.63. The molecule has 0 aliphatic heterocycles. The molecule has 0 spiro atoms. The molecule has 2 atom stereocenters. The number of hydrogen-bond acceptors (Lipinski definition) is 4. The molecular formula is C16H21N3O2S. The van der Waals surface area contributed by atoms with Crippen LogP contribution < -0.4 is 5.32 Å². The van der Waals surface area contributed by atoms with Crippen molar-refractivity contribution < 1.29 is 9.90 Å². The van der Waals surface area contributed by atoms with E-state index in [0.29, 0.717) is 11.3 Å². The maximum atomic E-state index is 12.4. The summed E-state index contributed by atoms with van der Waals surface area (Å²) in [5.74, 6) is -0.167. The summed E-state index contributed by atoms with van der Waals surface area (Å²) in [4.78, 5) is 12.4. The van der Waals surface area contributed by atoms with Crippen molar-refractivity contribution in [2.24, 2.45) is 0 Å². The first kappa shape index (κ1) is 16.6. The van der Waals surface area contributed by atoms with Gasteiger partial charge in [-0.25, -0.2) is 4.68 Å². The monoisotopic (exact) mass is 319 g/mol. The van der Waals surface area contributed by atoms with Gasteiger partial charge in [-0.15, -0.1) is 0 Å². The van der Waals surface area contributed by atoms with Crippen LogP contribution in [0.4, 0.5) is 0 Å². The number of hydrogen-bond donors (Lipinski definition) is 2. The summed E-state index contributed by atoms with van der Waals surface area (Å²) in [6.45, 7) is 3.74. The second-order valence-electron chi connectivity index (χ2n) is 5.13. The fourth-order valence-electron chi connectivity index (χ4n) is 2.21. The predicted octanol–water partition coefficient (Wildman–Crippen LogP) is 2.02. The number of aliphatic hydroxyl groups excluding tert-OH is 1. The van der Waals surface area contributed by atoms with Gasteiger partial charge in [-0.3, -0.25) is 4.79 Å². The fraction of sp³-hybridized carbons (Fsp3) is 0.375. The Morgan fingerprint density at radius 3 is 2.68 bits per heavy atom. The van der Waals surface area contributed by atoms with Crippen LogP contribution in [0.1, 0.15) is 23.0 Å². The minimum Gasteiger partial charge on any atom is -0.395 e. The molecule has 0 bridgehead atoms. The predicted molar refractivity (Wildman–Crippen MR) is 89.6 cm³/mol. The Morgan fingerprint density at radius 2 is 2.09 bits per heavy atom. The number of carbonyl (C=O) groups excluding carboxylic acids is 1. The van der Waals surface area contributed by atoms with Crippen LogP contribution in [-0.4, -0.2) is 44.9 Å². The topological polar surface area (TPSA) is 67.2 Å². The van der Waals surface area contributed by atoms with Crippen molar-refractivity contribution in [1.29, 1.82) is 0 Å². The van der Waals surface area contributed by atoms with E-state index in [9.17, 15) is 9.90 Å². The normalized spacial score (nSPS) is 13.6. The quantitative estimate of drug-likeness (QED) is 0.855. The van der Waals surface area contributed by atoms with Gasteiger partial charge in [0, 0.05) is 17.5 Å². The van der Waals surface area contributed by atoms with Gasteiger partial charge in [0.25, 0.3) is 5.91 Å². The molecule has 2 rings (SSSR count). The Balaban J connectivity index is 2.16. The number of thioether (sulfide) groups is 1. The highest BCUT2D eigenvalue weighted by Gasteiger charge is 2.20. The molecule has 2 aromatic rings. The van der Waals surface area contributed by atoms with Gasteiger partial charge in [-0.1, -0.05) is 18.2 Å². The number of carbonyl (C=O) groups is 1. The van der Waals surface area contributed by atoms with Gasteiger partial charge < -0.3 is 10.4 Å². The Labute approximate surface area is 134 Å². The molecule has 22 heavy (non-hydrogen) atoms. The first-order valence-corrected chi connectivity index (χ1v) is 8.41. The van der Waals surface area contributed by atoms with E-state index >= 15 is 0 Å². The van der Waals surface area contributed by atoms with Gasteiger partial charge in [0.05, 0.1) is 23.6 Å². The van der Waals surface area contributed by atoms with Crippen LogP contribution in [0.3, 0.4) is 0 Å². The molecule has 1 amide bonds. The summed E-state index contributed by atoms with van der Waals surface area (Å²) < 4.78 is 1.70. The summed E-state index contributed by atoms with van der Waals surface area (Å²) in [5.41, 5.74) is 2.14. The number of rotatable bonds is 6. The average molecular weight is 319 g/mol. The van der Waals surface area contributed by atoms with Crippen molar-refractivity contribution in [2.45, 2.75) is 25.1 Å². The van der Waals surface area contributed by atoms with Crippen LogP contribution in [0.15, 0.2) is 36.5 Å². The van der Waals surface area contributed by atoms with Crippen LogP contribution in [0.2, 0.25) is 0 Å². The molecule has 2 unspecified atom stereocenters. The number of aliphatic hydroxyl groups is 1. The average Bonchev–Trinajstić information content (AvgIpc) is 2.91. The van der Waals surface area contributed by atoms with Crippen LogP contribution in [-0.2, 0) is 0 Å². The van der Waals surface area contributed by atoms with Gasteiger partial charge in [0.15, 0.2) is 0 Å². The van der Waals surface area contributed by atoms with E-state index < -0.39 is 0 Å². The van der Waals surface area contributed by atoms with E-state index in [1.807, 2.05) is 50.4 Å². The summed E-state index contributed by atoms with van der Waals surface area (Å²) in [5, 5.41) is 16.6. The summed E-state index contributed by atoms with van der Waals surface area (Å²) >= 11 is 1.54. The smallest absolute Gasteiger partial charge is 0.255 e. The van der Waals surface area contributed by atoms with Crippen LogP contribution in [0.25, 0.3) is 5.69 Å². The van der Waals surface area contributed by atoms with Crippen LogP contribution in [0.5, 0.6) is 0 Å². The van der Waals surface area contributed by atoms with Crippen molar-refractivity contribution in [1.82, 2.24) is 15.1 Å². The lowest BCUT2D eigenvalue weighted by Gasteiger charge is -2.21. The largest absolute Gasteiger partial charge is 0.395 e. The van der Waals surface area contributed by atoms with Crippen molar-refractivity contribution in [3.05, 3.63) is 47.8 Å². The maximum absolute atomic E-state index is 12.4. The Bertz CT molecular complexity index is 624. The lowest BCUT2D eigenvalue weighted by Crippen LogP contribution is -2.41. The van der Waals surface area contributed by atoms with Crippen molar-refractivity contribution >= 4 is 17.7 Å². The summed E-state index contributed by atoms with van der Waals surface area (Å²) in [6.07, 6.45) is 3.65. The third-order valence-electron chi connectivity index (χ3n) is 3.56. The third-order valence-corrected chi connectivity index (χ3v) is 4.73. The van der Waals surface area contributed by atoms with Crippen molar-refractivity contribution in [2.75, 3.05) is 12.9 Å². The lowest BCUT2D eigenvalue weighted by atomic mass is 10.2. The highest BCUT2D eigenvalue weighted by atomic mass is 32.2. The van der Waals surface area contributed by atoms with Gasteiger partial charge in [0.2, 0.25) is 0 Å². The van der Waals surface area contributed by atoms with E-state index in [1.165, 1.54) is 11.8 Å². The number of benzene rings is 1. The number of amides is 1. The standard InChI is InChI=1S/C16H21N3O2S/c1-11-14(16(21)17-12(2)15(10-20)22-3)9-19(18-11)13-7-5-4-6-8-13/h4-9,12,15,20H,10H2,1-3H3,(H,17,21). The molecule has 0 aliphatic rings. The van der Waals surface area contributed by atoms with E-state index in [4.69, 9.17) is 0 Å². The SMILES string of the molecule is CSC(CO)C(C)NC(=O)c1cn(-c2ccccc2)nc1C. The van der Waals surface area contributed by atoms with Crippen LogP contribution in [0, 0.1) is 6.92 Å². The third kappa shape index (κ3) is 3.69. The fourth-order valence-corrected chi connectivity index (χ4v) is 2.84. The molecule has 118 valence electrons. The number of nitrogens with zero attached hydrogens (tertiary/aromatic N) is 2. The zero-order valence-electron chi connectivity index (χ0n) is 13.0. The molecule has 2 N–H and O–H groups in total. The Morgan fingerprint density at radius 1 is 1.41 bits per heavy atom. The molecule has 1 aromatic carbocycles. The zero-order chi connectivity index (χ0) is 16.1. The van der Waals surface area contributed by atoms with E-state index in [2.05, 4.69) is 10.4 Å². The number of para-hydroxylation sites is 1. The van der Waals surface area contributed by atoms with Gasteiger partial charge >= 0.3 is 0 Å². The van der Waals surface area contributed by atoms with Crippen LogP contribution >= 0.6 is 11.8 Å². The molecule has 5 nitrogen and oxygen atoms in total. The highest BCUT2D eigenvalue weighted by molar-refractivity contribution is 7.99. The molecule has 0 aliphatic carbocycles. The number of aromatic nitrogens is 2. The molecular weight excluding hydrogens is 298 g/mol. The summed E-state index contributed by atoms with van der Waals surface area (Å²) in [7, 11) is 0. The number of nitrogens with one attached hydrogen (secondary N) is 1. The van der Waals surface area contributed by atoms with Gasteiger partial charge in [-0.2, -0.15) is 16.9 Å². The molecule has 0 saturated heterocycles. The van der Waals surface area contributed by atoms with E-state index in [-0.39, 0.29) is 23.8 Å². The first-order chi connectivity index (χ1) is 10.6. The Hall–Kier alpha value is -1.79. The molecule has 6 heteroatoms. The molecule has 1 aromatic heterocycles.